The van der Waals surface area contributed by atoms with Crippen molar-refractivity contribution in [1.82, 2.24) is 4.90 Å². The maximum atomic E-state index is 11.6. The van der Waals surface area contributed by atoms with Gasteiger partial charge in [-0.1, -0.05) is 34.1 Å². The van der Waals surface area contributed by atoms with E-state index in [-0.39, 0.29) is 5.91 Å². The van der Waals surface area contributed by atoms with Gasteiger partial charge in [-0.25, -0.2) is 0 Å². The molecule has 2 rings (SSSR count). The highest BCUT2D eigenvalue weighted by Gasteiger charge is 2.33. The first-order valence-electron chi connectivity index (χ1n) is 3.89. The summed E-state index contributed by atoms with van der Waals surface area (Å²) in [5.41, 5.74) is 1.63. The molecule has 0 fully saturated rings. The molecular formula is C9H8BrNO2. The molecule has 1 heterocycles. The number of carbonyl (C=O) groups is 1. The molecule has 3 nitrogen and oxygen atoms in total. The molecular weight excluding hydrogens is 234 g/mol. The van der Waals surface area contributed by atoms with Gasteiger partial charge in [0.1, 0.15) is 0 Å². The van der Waals surface area contributed by atoms with Crippen LogP contribution in [0.1, 0.15) is 22.1 Å². The Bertz CT molecular complexity index is 353. The highest BCUT2D eigenvalue weighted by Crippen LogP contribution is 2.31. The van der Waals surface area contributed by atoms with Crippen molar-refractivity contribution in [3.63, 3.8) is 0 Å². The Kier molecular flexibility index (Phi) is 2.09. The molecule has 0 aliphatic carbocycles. The van der Waals surface area contributed by atoms with E-state index in [0.29, 0.717) is 16.6 Å². The summed E-state index contributed by atoms with van der Waals surface area (Å²) < 4.78 is 0. The third kappa shape index (κ3) is 1.17. The second kappa shape index (κ2) is 3.12. The molecule has 0 saturated carbocycles. The van der Waals surface area contributed by atoms with Gasteiger partial charge in [-0.2, -0.15) is 0 Å². The van der Waals surface area contributed by atoms with Crippen molar-refractivity contribution >= 4 is 21.8 Å². The topological polar surface area (TPSA) is 40.5 Å². The molecule has 13 heavy (non-hydrogen) atoms. The molecule has 1 N–H and O–H groups in total. The molecule has 0 bridgehead atoms. The number of hydrogen-bond donors (Lipinski definition) is 1. The molecule has 1 unspecified atom stereocenters. The predicted octanol–water partition coefficient (Wildman–Crippen LogP) is 1.49. The standard InChI is InChI=1S/C9H8BrNO2/c10-5-11-8(12)6-3-1-2-4-7(6)9(11)13/h1-4,8,12H,5H2. The van der Waals surface area contributed by atoms with Gasteiger partial charge in [0.15, 0.2) is 6.23 Å². The lowest BCUT2D eigenvalue weighted by atomic mass is 10.1. The molecule has 1 aromatic rings. The summed E-state index contributed by atoms with van der Waals surface area (Å²) in [6.45, 7) is 0. The summed E-state index contributed by atoms with van der Waals surface area (Å²) in [6, 6.07) is 7.10. The zero-order valence-electron chi connectivity index (χ0n) is 6.77. The van der Waals surface area contributed by atoms with E-state index in [9.17, 15) is 9.90 Å². The summed E-state index contributed by atoms with van der Waals surface area (Å²) in [5.74, 6) is -0.125. The number of aliphatic hydroxyl groups excluding tert-OH is 1. The number of alkyl halides is 1. The Morgan fingerprint density at radius 1 is 1.46 bits per heavy atom. The number of benzene rings is 1. The van der Waals surface area contributed by atoms with Crippen molar-refractivity contribution in [2.24, 2.45) is 0 Å². The quantitative estimate of drug-likeness (QED) is 0.598. The van der Waals surface area contributed by atoms with Crippen LogP contribution < -0.4 is 0 Å². The average molecular weight is 242 g/mol. The van der Waals surface area contributed by atoms with Crippen LogP contribution in [0.2, 0.25) is 0 Å². The maximum absolute atomic E-state index is 11.6. The Morgan fingerprint density at radius 2 is 2.15 bits per heavy atom. The van der Waals surface area contributed by atoms with Crippen LogP contribution in [0.15, 0.2) is 24.3 Å². The number of hydrogen-bond acceptors (Lipinski definition) is 2. The first-order chi connectivity index (χ1) is 6.25. The fourth-order valence-corrected chi connectivity index (χ4v) is 1.97. The van der Waals surface area contributed by atoms with Crippen molar-refractivity contribution in [1.29, 1.82) is 0 Å². The molecule has 1 aromatic carbocycles. The van der Waals surface area contributed by atoms with Gasteiger partial charge in [-0.15, -0.1) is 0 Å². The van der Waals surface area contributed by atoms with E-state index in [0.717, 1.165) is 0 Å². The van der Waals surface area contributed by atoms with Gasteiger partial charge in [0.05, 0.1) is 5.45 Å². The predicted molar refractivity (Wildman–Crippen MR) is 51.4 cm³/mol. The first-order valence-corrected chi connectivity index (χ1v) is 5.02. The lowest BCUT2D eigenvalue weighted by Crippen LogP contribution is -2.26. The van der Waals surface area contributed by atoms with Crippen molar-refractivity contribution in [3.8, 4) is 0 Å². The van der Waals surface area contributed by atoms with Crippen LogP contribution in [-0.4, -0.2) is 21.4 Å². The van der Waals surface area contributed by atoms with E-state index in [2.05, 4.69) is 15.9 Å². The molecule has 0 saturated heterocycles. The summed E-state index contributed by atoms with van der Waals surface area (Å²) in [7, 11) is 0. The van der Waals surface area contributed by atoms with E-state index < -0.39 is 6.23 Å². The average Bonchev–Trinajstić information content (AvgIpc) is 2.41. The molecule has 1 atom stereocenters. The maximum Gasteiger partial charge on any atom is 0.257 e. The van der Waals surface area contributed by atoms with E-state index in [4.69, 9.17) is 0 Å². The summed E-state index contributed by atoms with van der Waals surface area (Å²) >= 11 is 3.16. The third-order valence-corrected chi connectivity index (χ3v) is 2.69. The van der Waals surface area contributed by atoms with Gasteiger partial charge >= 0.3 is 0 Å². The number of fused-ring (bicyclic) bond motifs is 1. The number of nitrogens with zero attached hydrogens (tertiary/aromatic N) is 1. The van der Waals surface area contributed by atoms with Gasteiger partial charge in [0, 0.05) is 11.1 Å². The van der Waals surface area contributed by atoms with Gasteiger partial charge in [-0.3, -0.25) is 9.69 Å². The van der Waals surface area contributed by atoms with E-state index in [1.165, 1.54) is 4.90 Å². The summed E-state index contributed by atoms with van der Waals surface area (Å²) in [5, 5.41) is 9.69. The number of carbonyl (C=O) groups excluding carboxylic acids is 1. The van der Waals surface area contributed by atoms with Gasteiger partial charge in [0.2, 0.25) is 0 Å². The van der Waals surface area contributed by atoms with Crippen LogP contribution in [0.25, 0.3) is 0 Å². The Hall–Kier alpha value is -0.870. The van der Waals surface area contributed by atoms with Gasteiger partial charge < -0.3 is 5.11 Å². The summed E-state index contributed by atoms with van der Waals surface area (Å²) in [6.07, 6.45) is -0.803. The fourth-order valence-electron chi connectivity index (χ4n) is 1.47. The zero-order valence-corrected chi connectivity index (χ0v) is 8.36. The zero-order chi connectivity index (χ0) is 9.42. The van der Waals surface area contributed by atoms with Crippen LogP contribution in [0.4, 0.5) is 0 Å². The molecule has 1 aliphatic heterocycles. The fraction of sp³-hybridized carbons (Fsp3) is 0.222. The minimum atomic E-state index is -0.803. The number of halogens is 1. The Labute approximate surface area is 84.1 Å². The van der Waals surface area contributed by atoms with Crippen LogP contribution >= 0.6 is 15.9 Å². The van der Waals surface area contributed by atoms with E-state index in [1.807, 2.05) is 6.07 Å². The summed E-state index contributed by atoms with van der Waals surface area (Å²) in [4.78, 5) is 12.9. The van der Waals surface area contributed by atoms with Gasteiger partial charge in [-0.05, 0) is 6.07 Å². The van der Waals surface area contributed by atoms with Crippen LogP contribution in [0, 0.1) is 0 Å². The molecule has 4 heteroatoms. The minimum absolute atomic E-state index is 0.125. The van der Waals surface area contributed by atoms with Crippen LogP contribution in [0.3, 0.4) is 0 Å². The second-order valence-electron chi connectivity index (χ2n) is 2.86. The normalized spacial score (nSPS) is 20.6. The molecule has 68 valence electrons. The van der Waals surface area contributed by atoms with E-state index in [1.54, 1.807) is 18.2 Å². The molecule has 1 aliphatic rings. The molecule has 0 radical (unpaired) electrons. The second-order valence-corrected chi connectivity index (χ2v) is 3.36. The molecule has 0 aromatic heterocycles. The Balaban J connectivity index is 2.50. The van der Waals surface area contributed by atoms with Gasteiger partial charge in [0.25, 0.3) is 5.91 Å². The third-order valence-electron chi connectivity index (χ3n) is 2.15. The lowest BCUT2D eigenvalue weighted by Gasteiger charge is -2.16. The highest BCUT2D eigenvalue weighted by atomic mass is 79.9. The lowest BCUT2D eigenvalue weighted by molar-refractivity contribution is 0.0278. The highest BCUT2D eigenvalue weighted by molar-refractivity contribution is 9.09. The van der Waals surface area contributed by atoms with Crippen molar-refractivity contribution < 1.29 is 9.90 Å². The first kappa shape index (κ1) is 8.72. The smallest absolute Gasteiger partial charge is 0.257 e. The largest absolute Gasteiger partial charge is 0.369 e. The minimum Gasteiger partial charge on any atom is -0.369 e. The van der Waals surface area contributed by atoms with Crippen molar-refractivity contribution in [2.45, 2.75) is 6.23 Å². The van der Waals surface area contributed by atoms with E-state index >= 15 is 0 Å². The number of amides is 1. The Morgan fingerprint density at radius 3 is 2.77 bits per heavy atom. The number of aliphatic hydroxyl groups is 1. The van der Waals surface area contributed by atoms with Crippen LogP contribution in [-0.2, 0) is 0 Å². The monoisotopic (exact) mass is 241 g/mol. The SMILES string of the molecule is O=C1c2ccccc2C(O)N1CBr. The van der Waals surface area contributed by atoms with Crippen molar-refractivity contribution in [2.75, 3.05) is 5.45 Å². The van der Waals surface area contributed by atoms with Crippen molar-refractivity contribution in [3.05, 3.63) is 35.4 Å². The molecule has 1 amide bonds. The molecule has 0 spiro atoms. The van der Waals surface area contributed by atoms with Crippen LogP contribution in [0.5, 0.6) is 0 Å². The number of rotatable bonds is 1.